The molecule has 2 aromatic rings. The lowest BCUT2D eigenvalue weighted by Crippen LogP contribution is -2.43. The Morgan fingerprint density at radius 1 is 1.36 bits per heavy atom. The van der Waals surface area contributed by atoms with Gasteiger partial charge in [-0.3, -0.25) is 0 Å². The second kappa shape index (κ2) is 7.29. The van der Waals surface area contributed by atoms with Crippen LogP contribution in [0.15, 0.2) is 41.1 Å². The van der Waals surface area contributed by atoms with E-state index in [0.717, 1.165) is 16.9 Å². The molecule has 0 aliphatic heterocycles. The van der Waals surface area contributed by atoms with Crippen molar-refractivity contribution in [3.8, 4) is 5.75 Å². The summed E-state index contributed by atoms with van der Waals surface area (Å²) in [6.45, 7) is 2.22. The van der Waals surface area contributed by atoms with E-state index >= 15 is 0 Å². The summed E-state index contributed by atoms with van der Waals surface area (Å²) in [4.78, 5) is 11.8. The van der Waals surface area contributed by atoms with Crippen molar-refractivity contribution < 1.29 is 14.6 Å². The van der Waals surface area contributed by atoms with Gasteiger partial charge in [0.05, 0.1) is 13.7 Å². The summed E-state index contributed by atoms with van der Waals surface area (Å²) >= 11 is 1.51. The Bertz CT molecular complexity index is 612. The lowest BCUT2D eigenvalue weighted by molar-refractivity contribution is 0.0598. The van der Waals surface area contributed by atoms with Crippen LogP contribution < -0.4 is 15.4 Å². The standard InChI is InChI=1S/C16H20N2O3S/c1-16(20,13-6-7-22-10-13)11-18-15(19)17-9-12-4-3-5-14(8-12)21-2/h3-8,10,20H,9,11H2,1-2H3,(H2,17,18,19)/t16-/m1/s1. The third kappa shape index (κ3) is 4.47. The van der Waals surface area contributed by atoms with Crippen molar-refractivity contribution in [1.29, 1.82) is 0 Å². The number of methoxy groups -OCH3 is 1. The minimum atomic E-state index is -1.08. The highest BCUT2D eigenvalue weighted by Gasteiger charge is 2.24. The Labute approximate surface area is 133 Å². The number of rotatable bonds is 6. The van der Waals surface area contributed by atoms with Crippen LogP contribution in [0, 0.1) is 0 Å². The van der Waals surface area contributed by atoms with Gasteiger partial charge in [-0.05, 0) is 47.0 Å². The van der Waals surface area contributed by atoms with Crippen LogP contribution >= 0.6 is 11.3 Å². The molecule has 0 bridgehead atoms. The molecule has 3 N–H and O–H groups in total. The number of benzene rings is 1. The molecule has 0 saturated carbocycles. The Balaban J connectivity index is 1.80. The second-order valence-electron chi connectivity index (χ2n) is 5.17. The number of carbonyl (C=O) groups excluding carboxylic acids is 1. The molecule has 2 rings (SSSR count). The predicted molar refractivity (Wildman–Crippen MR) is 87.1 cm³/mol. The quantitative estimate of drug-likeness (QED) is 0.766. The van der Waals surface area contributed by atoms with E-state index in [9.17, 15) is 9.90 Å². The van der Waals surface area contributed by atoms with E-state index in [0.29, 0.717) is 6.54 Å². The van der Waals surface area contributed by atoms with Crippen LogP contribution in [-0.4, -0.2) is 24.8 Å². The molecule has 1 atom stereocenters. The number of urea groups is 1. The van der Waals surface area contributed by atoms with Gasteiger partial charge in [0, 0.05) is 6.54 Å². The topological polar surface area (TPSA) is 70.6 Å². The fourth-order valence-electron chi connectivity index (χ4n) is 1.95. The number of nitrogens with one attached hydrogen (secondary N) is 2. The molecule has 6 heteroatoms. The maximum absolute atomic E-state index is 11.8. The van der Waals surface area contributed by atoms with E-state index in [-0.39, 0.29) is 12.6 Å². The molecule has 118 valence electrons. The van der Waals surface area contributed by atoms with Crippen molar-refractivity contribution in [2.75, 3.05) is 13.7 Å². The summed E-state index contributed by atoms with van der Waals surface area (Å²) in [5, 5.41) is 19.5. The first kappa shape index (κ1) is 16.3. The molecule has 0 fully saturated rings. The minimum absolute atomic E-state index is 0.147. The van der Waals surface area contributed by atoms with Crippen molar-refractivity contribution in [2.45, 2.75) is 19.1 Å². The van der Waals surface area contributed by atoms with Gasteiger partial charge in [0.15, 0.2) is 0 Å². The Hall–Kier alpha value is -2.05. The number of ether oxygens (including phenoxy) is 1. The normalized spacial score (nSPS) is 13.2. The third-order valence-electron chi connectivity index (χ3n) is 3.32. The van der Waals surface area contributed by atoms with Crippen LogP contribution in [0.25, 0.3) is 0 Å². The highest BCUT2D eigenvalue weighted by molar-refractivity contribution is 7.08. The zero-order valence-electron chi connectivity index (χ0n) is 12.6. The summed E-state index contributed by atoms with van der Waals surface area (Å²) < 4.78 is 5.13. The molecular formula is C16H20N2O3S. The SMILES string of the molecule is COc1cccc(CNC(=O)NC[C@@](C)(O)c2ccsc2)c1. The van der Waals surface area contributed by atoms with Gasteiger partial charge < -0.3 is 20.5 Å². The minimum Gasteiger partial charge on any atom is -0.497 e. The molecular weight excluding hydrogens is 300 g/mol. The molecule has 5 nitrogen and oxygen atoms in total. The lowest BCUT2D eigenvalue weighted by atomic mass is 9.99. The van der Waals surface area contributed by atoms with Crippen molar-refractivity contribution in [3.05, 3.63) is 52.2 Å². The number of hydrogen-bond donors (Lipinski definition) is 3. The fraction of sp³-hybridized carbons (Fsp3) is 0.312. The van der Waals surface area contributed by atoms with E-state index in [1.54, 1.807) is 14.0 Å². The third-order valence-corrected chi connectivity index (χ3v) is 4.01. The predicted octanol–water partition coefficient (Wildman–Crippen LogP) is 2.46. The zero-order chi connectivity index (χ0) is 16.0. The van der Waals surface area contributed by atoms with Gasteiger partial charge in [0.25, 0.3) is 0 Å². The number of hydrogen-bond acceptors (Lipinski definition) is 4. The fourth-order valence-corrected chi connectivity index (χ4v) is 2.74. The van der Waals surface area contributed by atoms with Crippen LogP contribution in [0.3, 0.4) is 0 Å². The molecule has 0 aliphatic carbocycles. The van der Waals surface area contributed by atoms with E-state index in [1.807, 2.05) is 41.1 Å². The highest BCUT2D eigenvalue weighted by atomic mass is 32.1. The number of thiophene rings is 1. The molecule has 0 radical (unpaired) electrons. The Morgan fingerprint density at radius 2 is 2.18 bits per heavy atom. The Kier molecular flexibility index (Phi) is 5.41. The molecule has 22 heavy (non-hydrogen) atoms. The van der Waals surface area contributed by atoms with Crippen LogP contribution in [0.4, 0.5) is 4.79 Å². The molecule has 1 aromatic heterocycles. The first-order valence-corrected chi connectivity index (χ1v) is 7.85. The van der Waals surface area contributed by atoms with E-state index in [4.69, 9.17) is 4.74 Å². The number of aliphatic hydroxyl groups is 1. The first-order valence-electron chi connectivity index (χ1n) is 6.91. The van der Waals surface area contributed by atoms with Gasteiger partial charge in [-0.1, -0.05) is 12.1 Å². The van der Waals surface area contributed by atoms with Crippen LogP contribution in [0.5, 0.6) is 5.75 Å². The molecule has 1 heterocycles. The molecule has 0 aliphatic rings. The first-order chi connectivity index (χ1) is 10.5. The molecule has 0 saturated heterocycles. The van der Waals surface area contributed by atoms with Crippen LogP contribution in [0.2, 0.25) is 0 Å². The summed E-state index contributed by atoms with van der Waals surface area (Å²) in [6.07, 6.45) is 0. The number of amides is 2. The summed E-state index contributed by atoms with van der Waals surface area (Å²) in [7, 11) is 1.60. The number of carbonyl (C=O) groups is 1. The average Bonchev–Trinajstić information content (AvgIpc) is 3.06. The van der Waals surface area contributed by atoms with E-state index < -0.39 is 5.60 Å². The molecule has 0 unspecified atom stereocenters. The van der Waals surface area contributed by atoms with Crippen molar-refractivity contribution in [1.82, 2.24) is 10.6 Å². The van der Waals surface area contributed by atoms with E-state index in [1.165, 1.54) is 11.3 Å². The summed E-state index contributed by atoms with van der Waals surface area (Å²) in [5.74, 6) is 0.750. The lowest BCUT2D eigenvalue weighted by Gasteiger charge is -2.22. The smallest absolute Gasteiger partial charge is 0.315 e. The largest absolute Gasteiger partial charge is 0.497 e. The Morgan fingerprint density at radius 3 is 2.86 bits per heavy atom. The zero-order valence-corrected chi connectivity index (χ0v) is 13.4. The van der Waals surface area contributed by atoms with Crippen molar-refractivity contribution in [3.63, 3.8) is 0 Å². The average molecular weight is 320 g/mol. The van der Waals surface area contributed by atoms with Crippen LogP contribution in [-0.2, 0) is 12.1 Å². The van der Waals surface area contributed by atoms with Gasteiger partial charge >= 0.3 is 6.03 Å². The molecule has 0 spiro atoms. The summed E-state index contributed by atoms with van der Waals surface area (Å²) in [6, 6.07) is 9.02. The maximum Gasteiger partial charge on any atom is 0.315 e. The van der Waals surface area contributed by atoms with Gasteiger partial charge in [-0.2, -0.15) is 11.3 Å². The maximum atomic E-state index is 11.8. The van der Waals surface area contributed by atoms with Crippen molar-refractivity contribution in [2.24, 2.45) is 0 Å². The highest BCUT2D eigenvalue weighted by Crippen LogP contribution is 2.21. The van der Waals surface area contributed by atoms with Crippen LogP contribution in [0.1, 0.15) is 18.1 Å². The monoisotopic (exact) mass is 320 g/mol. The van der Waals surface area contributed by atoms with E-state index in [2.05, 4.69) is 10.6 Å². The molecule has 1 aromatic carbocycles. The van der Waals surface area contributed by atoms with Crippen molar-refractivity contribution >= 4 is 17.4 Å². The summed E-state index contributed by atoms with van der Waals surface area (Å²) in [5.41, 5.74) is 0.664. The van der Waals surface area contributed by atoms with Gasteiger partial charge in [-0.15, -0.1) is 0 Å². The van der Waals surface area contributed by atoms with Gasteiger partial charge in [-0.25, -0.2) is 4.79 Å². The van der Waals surface area contributed by atoms with Gasteiger partial charge in [0.2, 0.25) is 0 Å². The van der Waals surface area contributed by atoms with Gasteiger partial charge in [0.1, 0.15) is 11.4 Å². The second-order valence-corrected chi connectivity index (χ2v) is 5.95. The molecule has 2 amide bonds.